The largest absolute Gasteiger partial charge is 0.311 e. The van der Waals surface area contributed by atoms with Gasteiger partial charge in [-0.3, -0.25) is 4.90 Å². The van der Waals surface area contributed by atoms with E-state index < -0.39 is 0 Å². The minimum Gasteiger partial charge on any atom is -0.311 e. The summed E-state index contributed by atoms with van der Waals surface area (Å²) in [4.78, 5) is 2.90. The van der Waals surface area contributed by atoms with E-state index in [2.05, 4.69) is 24.1 Å². The molecule has 5 unspecified atom stereocenters. The highest BCUT2D eigenvalue weighted by atomic mass is 15.3. The number of piperazine rings is 1. The van der Waals surface area contributed by atoms with Crippen LogP contribution in [0.3, 0.4) is 0 Å². The summed E-state index contributed by atoms with van der Waals surface area (Å²) in [5.41, 5.74) is 0.410. The topological polar surface area (TPSA) is 15.3 Å². The van der Waals surface area contributed by atoms with E-state index in [0.717, 1.165) is 29.7 Å². The molecule has 20 heavy (non-hydrogen) atoms. The number of rotatable bonds is 4. The van der Waals surface area contributed by atoms with Crippen LogP contribution in [0.5, 0.6) is 0 Å². The first kappa shape index (κ1) is 13.6. The maximum atomic E-state index is 3.87. The molecule has 0 aromatic heterocycles. The van der Waals surface area contributed by atoms with Crippen LogP contribution in [-0.4, -0.2) is 36.1 Å². The highest BCUT2D eigenvalue weighted by Crippen LogP contribution is 2.49. The smallest absolute Gasteiger partial charge is 0.0304 e. The summed E-state index contributed by atoms with van der Waals surface area (Å²) in [6, 6.07) is 0.799. The molecule has 1 heterocycles. The molecular formula is C18H32N2. The van der Waals surface area contributed by atoms with Gasteiger partial charge >= 0.3 is 0 Å². The second kappa shape index (κ2) is 4.98. The Morgan fingerprint density at radius 1 is 1.10 bits per heavy atom. The molecule has 1 saturated heterocycles. The third-order valence-corrected chi connectivity index (χ3v) is 7.22. The monoisotopic (exact) mass is 276 g/mol. The lowest BCUT2D eigenvalue weighted by atomic mass is 9.85. The van der Waals surface area contributed by atoms with E-state index in [1.54, 1.807) is 19.3 Å². The zero-order valence-electron chi connectivity index (χ0n) is 13.4. The summed E-state index contributed by atoms with van der Waals surface area (Å²) >= 11 is 0. The summed E-state index contributed by atoms with van der Waals surface area (Å²) in [6.45, 7) is 8.81. The number of hydrogen-bond donors (Lipinski definition) is 1. The van der Waals surface area contributed by atoms with Crippen molar-refractivity contribution in [2.75, 3.05) is 19.6 Å². The number of fused-ring (bicyclic) bond motifs is 2. The molecule has 4 fully saturated rings. The molecule has 4 rings (SSSR count). The third kappa shape index (κ3) is 2.33. The molecule has 0 spiro atoms. The lowest BCUT2D eigenvalue weighted by molar-refractivity contribution is 0.0225. The average Bonchev–Trinajstić information content (AvgIpc) is 3.10. The van der Waals surface area contributed by atoms with Crippen molar-refractivity contribution in [1.82, 2.24) is 10.2 Å². The Morgan fingerprint density at radius 3 is 2.50 bits per heavy atom. The fourth-order valence-electron chi connectivity index (χ4n) is 5.33. The van der Waals surface area contributed by atoms with Gasteiger partial charge in [0.2, 0.25) is 0 Å². The van der Waals surface area contributed by atoms with E-state index in [4.69, 9.17) is 0 Å². The predicted molar refractivity (Wildman–Crippen MR) is 83.7 cm³/mol. The highest BCUT2D eigenvalue weighted by Gasteiger charge is 2.45. The van der Waals surface area contributed by atoms with Gasteiger partial charge in [0.05, 0.1) is 0 Å². The third-order valence-electron chi connectivity index (χ3n) is 7.22. The Kier molecular flexibility index (Phi) is 3.38. The Bertz CT molecular complexity index is 364. The molecule has 0 aromatic carbocycles. The van der Waals surface area contributed by atoms with Crippen molar-refractivity contribution >= 4 is 0 Å². The molecule has 0 radical (unpaired) electrons. The SMILES string of the molecule is CCC1(C)CNC(C2CC2)CN1CC1CC2CCC1C2. The Morgan fingerprint density at radius 2 is 1.90 bits per heavy atom. The molecule has 114 valence electrons. The number of nitrogens with one attached hydrogen (secondary N) is 1. The molecule has 3 saturated carbocycles. The van der Waals surface area contributed by atoms with Crippen LogP contribution < -0.4 is 5.32 Å². The Labute approximate surface area is 124 Å². The van der Waals surface area contributed by atoms with Gasteiger partial charge in [-0.15, -0.1) is 0 Å². The van der Waals surface area contributed by atoms with E-state index in [0.29, 0.717) is 5.54 Å². The van der Waals surface area contributed by atoms with Crippen LogP contribution in [-0.2, 0) is 0 Å². The minimum atomic E-state index is 0.410. The summed E-state index contributed by atoms with van der Waals surface area (Å²) in [6.07, 6.45) is 10.4. The van der Waals surface area contributed by atoms with E-state index >= 15 is 0 Å². The van der Waals surface area contributed by atoms with Crippen LogP contribution in [0.4, 0.5) is 0 Å². The van der Waals surface area contributed by atoms with Gasteiger partial charge in [-0.1, -0.05) is 13.3 Å². The van der Waals surface area contributed by atoms with Crippen LogP contribution in [0.15, 0.2) is 0 Å². The maximum absolute atomic E-state index is 3.87. The molecule has 3 aliphatic carbocycles. The predicted octanol–water partition coefficient (Wildman–Crippen LogP) is 3.28. The van der Waals surface area contributed by atoms with Gasteiger partial charge in [0.1, 0.15) is 0 Å². The molecule has 2 nitrogen and oxygen atoms in total. The fourth-order valence-corrected chi connectivity index (χ4v) is 5.33. The fraction of sp³-hybridized carbons (Fsp3) is 1.00. The Balaban J connectivity index is 1.44. The van der Waals surface area contributed by atoms with Crippen molar-refractivity contribution in [2.24, 2.45) is 23.7 Å². The molecule has 5 atom stereocenters. The summed E-state index contributed by atoms with van der Waals surface area (Å²) in [5, 5.41) is 3.87. The van der Waals surface area contributed by atoms with Crippen molar-refractivity contribution in [1.29, 1.82) is 0 Å². The van der Waals surface area contributed by atoms with Gasteiger partial charge in [0.15, 0.2) is 0 Å². The lowest BCUT2D eigenvalue weighted by Crippen LogP contribution is -2.64. The lowest BCUT2D eigenvalue weighted by Gasteiger charge is -2.49. The molecule has 1 aliphatic heterocycles. The van der Waals surface area contributed by atoms with Crippen LogP contribution in [0, 0.1) is 23.7 Å². The zero-order chi connectivity index (χ0) is 13.7. The molecule has 4 aliphatic rings. The normalized spacial score (nSPS) is 48.9. The van der Waals surface area contributed by atoms with E-state index in [-0.39, 0.29) is 0 Å². The molecule has 0 amide bonds. The van der Waals surface area contributed by atoms with Crippen molar-refractivity contribution in [3.8, 4) is 0 Å². The van der Waals surface area contributed by atoms with Crippen molar-refractivity contribution in [3.05, 3.63) is 0 Å². The first-order valence-corrected chi connectivity index (χ1v) is 9.16. The standard InChI is InChI=1S/C18H32N2/c1-3-18(2)12-19-17(14-6-7-14)11-20(18)10-16-9-13-4-5-15(16)8-13/h13-17,19H,3-12H2,1-2H3. The molecule has 0 aromatic rings. The molecule has 2 heteroatoms. The number of nitrogens with zero attached hydrogens (tertiary/aromatic N) is 1. The van der Waals surface area contributed by atoms with Crippen molar-refractivity contribution < 1.29 is 0 Å². The van der Waals surface area contributed by atoms with Gasteiger partial charge < -0.3 is 5.32 Å². The highest BCUT2D eigenvalue weighted by molar-refractivity contribution is 5.01. The average molecular weight is 276 g/mol. The minimum absolute atomic E-state index is 0.410. The van der Waals surface area contributed by atoms with Crippen LogP contribution >= 0.6 is 0 Å². The van der Waals surface area contributed by atoms with Gasteiger partial charge in [-0.25, -0.2) is 0 Å². The van der Waals surface area contributed by atoms with Gasteiger partial charge in [0.25, 0.3) is 0 Å². The first-order valence-electron chi connectivity index (χ1n) is 9.16. The van der Waals surface area contributed by atoms with E-state index in [1.165, 1.54) is 45.3 Å². The second-order valence-corrected chi connectivity index (χ2v) is 8.52. The van der Waals surface area contributed by atoms with Crippen molar-refractivity contribution in [3.63, 3.8) is 0 Å². The van der Waals surface area contributed by atoms with Crippen LogP contribution in [0.2, 0.25) is 0 Å². The number of hydrogen-bond acceptors (Lipinski definition) is 2. The van der Waals surface area contributed by atoms with E-state index in [1.807, 2.05) is 0 Å². The van der Waals surface area contributed by atoms with E-state index in [9.17, 15) is 0 Å². The van der Waals surface area contributed by atoms with Crippen LogP contribution in [0.1, 0.15) is 58.8 Å². The van der Waals surface area contributed by atoms with Crippen molar-refractivity contribution in [2.45, 2.75) is 70.4 Å². The summed E-state index contributed by atoms with van der Waals surface area (Å²) in [5.74, 6) is 4.20. The van der Waals surface area contributed by atoms with Gasteiger partial charge in [-0.05, 0) is 69.1 Å². The first-order chi connectivity index (χ1) is 9.68. The quantitative estimate of drug-likeness (QED) is 0.848. The summed E-state index contributed by atoms with van der Waals surface area (Å²) < 4.78 is 0. The maximum Gasteiger partial charge on any atom is 0.0304 e. The molecular weight excluding hydrogens is 244 g/mol. The molecule has 1 N–H and O–H groups in total. The Hall–Kier alpha value is -0.0800. The van der Waals surface area contributed by atoms with Gasteiger partial charge in [0, 0.05) is 31.2 Å². The molecule has 2 bridgehead atoms. The zero-order valence-corrected chi connectivity index (χ0v) is 13.4. The van der Waals surface area contributed by atoms with Gasteiger partial charge in [-0.2, -0.15) is 0 Å². The second-order valence-electron chi connectivity index (χ2n) is 8.52. The van der Waals surface area contributed by atoms with Crippen LogP contribution in [0.25, 0.3) is 0 Å². The summed E-state index contributed by atoms with van der Waals surface area (Å²) in [7, 11) is 0.